The lowest BCUT2D eigenvalue weighted by Crippen LogP contribution is -2.14. The van der Waals surface area contributed by atoms with Crippen LogP contribution in [0.5, 0.6) is 0 Å². The first-order valence-corrected chi connectivity index (χ1v) is 6.44. The van der Waals surface area contributed by atoms with Crippen LogP contribution in [0.2, 0.25) is 0 Å². The number of alkyl halides is 1. The van der Waals surface area contributed by atoms with Crippen LogP contribution in [0.4, 0.5) is 5.69 Å². The molecule has 1 rings (SSSR count). The quantitative estimate of drug-likeness (QED) is 0.509. The van der Waals surface area contributed by atoms with Gasteiger partial charge in [0.05, 0.1) is 5.69 Å². The van der Waals surface area contributed by atoms with Gasteiger partial charge in [-0.3, -0.25) is 4.79 Å². The molecule has 0 heterocycles. The van der Waals surface area contributed by atoms with Crippen LogP contribution in [-0.4, -0.2) is 26.3 Å². The van der Waals surface area contributed by atoms with Crippen LogP contribution in [0.15, 0.2) is 48.8 Å². The maximum Gasteiger partial charge on any atom is 0.152 e. The van der Waals surface area contributed by atoms with Crippen molar-refractivity contribution in [3.05, 3.63) is 54.4 Å². The Morgan fingerprint density at radius 2 is 2.05 bits per heavy atom. The molecule has 0 aromatic heterocycles. The normalized spacial score (nSPS) is 10.0. The number of carbonyl (C=O) groups excluding carboxylic acids is 1. The van der Waals surface area contributed by atoms with Gasteiger partial charge in [0, 0.05) is 37.4 Å². The van der Waals surface area contributed by atoms with E-state index in [1.807, 2.05) is 50.3 Å². The molecule has 19 heavy (non-hydrogen) atoms. The molecule has 0 aliphatic carbocycles. The van der Waals surface area contributed by atoms with Crippen molar-refractivity contribution in [2.24, 2.45) is 0 Å². The molecule has 0 spiro atoms. The van der Waals surface area contributed by atoms with Gasteiger partial charge in [0.25, 0.3) is 0 Å². The van der Waals surface area contributed by atoms with Crippen LogP contribution >= 0.6 is 11.6 Å². The molecule has 1 aromatic carbocycles. The van der Waals surface area contributed by atoms with Crippen molar-refractivity contribution in [1.82, 2.24) is 5.32 Å². The van der Waals surface area contributed by atoms with Crippen molar-refractivity contribution in [1.29, 1.82) is 0 Å². The summed E-state index contributed by atoms with van der Waals surface area (Å²) in [5, 5.41) is 3.03. The Kier molecular flexibility index (Phi) is 9.27. The third-order valence-corrected chi connectivity index (χ3v) is 2.55. The molecule has 0 saturated heterocycles. The fourth-order valence-electron chi connectivity index (χ4n) is 1.33. The van der Waals surface area contributed by atoms with E-state index in [0.29, 0.717) is 11.4 Å². The Bertz CT molecular complexity index is 430. The predicted octanol–water partition coefficient (Wildman–Crippen LogP) is 3.43. The summed E-state index contributed by atoms with van der Waals surface area (Å²) in [6.07, 6.45) is 4.46. The maximum absolute atomic E-state index is 10.8. The van der Waals surface area contributed by atoms with E-state index in [2.05, 4.69) is 11.9 Å². The summed E-state index contributed by atoms with van der Waals surface area (Å²) in [5.74, 6) is 0.556. The van der Waals surface area contributed by atoms with Crippen molar-refractivity contribution >= 4 is 23.6 Å². The summed E-state index contributed by atoms with van der Waals surface area (Å²) in [6, 6.07) is 7.50. The number of benzene rings is 1. The van der Waals surface area contributed by atoms with Crippen molar-refractivity contribution < 1.29 is 4.79 Å². The Hall–Kier alpha value is -1.74. The number of hydrogen-bond donors (Lipinski definition) is 1. The fraction of sp³-hybridized carbons (Fsp3) is 0.267. The van der Waals surface area contributed by atoms with E-state index < -0.39 is 0 Å². The molecule has 0 unspecified atom stereocenters. The molecule has 0 amide bonds. The molecule has 0 fully saturated rings. The van der Waals surface area contributed by atoms with E-state index in [-0.39, 0.29) is 0 Å². The summed E-state index contributed by atoms with van der Waals surface area (Å²) in [5.41, 5.74) is 2.64. The second-order valence-electron chi connectivity index (χ2n) is 3.79. The van der Waals surface area contributed by atoms with Crippen LogP contribution in [0.25, 0.3) is 0 Å². The monoisotopic (exact) mass is 280 g/mol. The zero-order valence-corrected chi connectivity index (χ0v) is 12.4. The zero-order valence-electron chi connectivity index (χ0n) is 11.7. The molecular weight excluding hydrogens is 260 g/mol. The molecule has 0 bridgehead atoms. The lowest BCUT2D eigenvalue weighted by atomic mass is 10.2. The number of halogens is 1. The molecule has 0 radical (unpaired) electrons. The number of hydrogen-bond acceptors (Lipinski definition) is 3. The number of anilines is 1. The average molecular weight is 281 g/mol. The Morgan fingerprint density at radius 1 is 1.47 bits per heavy atom. The molecule has 1 N–H and O–H groups in total. The van der Waals surface area contributed by atoms with E-state index in [1.54, 1.807) is 12.1 Å². The van der Waals surface area contributed by atoms with E-state index >= 15 is 0 Å². The van der Waals surface area contributed by atoms with Gasteiger partial charge in [-0.1, -0.05) is 18.2 Å². The number of aldehydes is 1. The lowest BCUT2D eigenvalue weighted by Gasteiger charge is -2.17. The largest absolute Gasteiger partial charge is 0.390 e. The van der Waals surface area contributed by atoms with Crippen LogP contribution in [0.3, 0.4) is 0 Å². The molecule has 3 nitrogen and oxygen atoms in total. The highest BCUT2D eigenvalue weighted by Crippen LogP contribution is 2.17. The smallest absolute Gasteiger partial charge is 0.152 e. The van der Waals surface area contributed by atoms with E-state index in [1.165, 1.54) is 0 Å². The first-order chi connectivity index (χ1) is 9.10. The van der Waals surface area contributed by atoms with Crippen molar-refractivity contribution in [3.63, 3.8) is 0 Å². The van der Waals surface area contributed by atoms with E-state index in [9.17, 15) is 4.79 Å². The highest BCUT2D eigenvalue weighted by Gasteiger charge is 2.03. The number of nitrogens with one attached hydrogen (secondary N) is 1. The minimum absolute atomic E-state index is 0.556. The van der Waals surface area contributed by atoms with E-state index in [0.717, 1.165) is 17.7 Å². The topological polar surface area (TPSA) is 32.3 Å². The van der Waals surface area contributed by atoms with Crippen LogP contribution in [-0.2, 0) is 0 Å². The van der Waals surface area contributed by atoms with Crippen LogP contribution in [0.1, 0.15) is 17.3 Å². The van der Waals surface area contributed by atoms with Crippen molar-refractivity contribution in [3.8, 4) is 0 Å². The molecular formula is C15H21ClN2O. The number of nitrogens with zero attached hydrogens (tertiary/aromatic N) is 1. The predicted molar refractivity (Wildman–Crippen MR) is 84.0 cm³/mol. The van der Waals surface area contributed by atoms with E-state index in [4.69, 9.17) is 11.6 Å². The second-order valence-corrected chi connectivity index (χ2v) is 4.10. The molecule has 1 aromatic rings. The second kappa shape index (κ2) is 10.2. The maximum atomic E-state index is 10.8. The summed E-state index contributed by atoms with van der Waals surface area (Å²) in [6.45, 7) is 5.32. The van der Waals surface area contributed by atoms with Gasteiger partial charge in [-0.2, -0.15) is 0 Å². The third-order valence-electron chi connectivity index (χ3n) is 2.33. The van der Waals surface area contributed by atoms with Gasteiger partial charge in [0.1, 0.15) is 0 Å². The number of allylic oxidation sites excluding steroid dienone is 2. The first-order valence-electron chi connectivity index (χ1n) is 5.90. The van der Waals surface area contributed by atoms with Gasteiger partial charge >= 0.3 is 0 Å². The third kappa shape index (κ3) is 6.67. The molecule has 4 heteroatoms. The highest BCUT2D eigenvalue weighted by molar-refractivity contribution is 6.18. The summed E-state index contributed by atoms with van der Waals surface area (Å²) in [4.78, 5) is 12.8. The van der Waals surface area contributed by atoms with Gasteiger partial charge in [-0.25, -0.2) is 0 Å². The minimum atomic E-state index is 0.556. The lowest BCUT2D eigenvalue weighted by molar-refractivity contribution is 0.112. The van der Waals surface area contributed by atoms with Crippen LogP contribution in [0, 0.1) is 0 Å². The van der Waals surface area contributed by atoms with Crippen molar-refractivity contribution in [2.45, 2.75) is 6.92 Å². The minimum Gasteiger partial charge on any atom is -0.390 e. The summed E-state index contributed by atoms with van der Waals surface area (Å²) in [7, 11) is 3.79. The number of carbonyl (C=O) groups is 1. The van der Waals surface area contributed by atoms with Gasteiger partial charge in [0.15, 0.2) is 6.29 Å². The molecule has 104 valence electrons. The van der Waals surface area contributed by atoms with Gasteiger partial charge in [-0.05, 0) is 19.1 Å². The molecule has 0 aliphatic rings. The number of rotatable bonds is 5. The summed E-state index contributed by atoms with van der Waals surface area (Å²) < 4.78 is 0. The fourth-order valence-corrected chi connectivity index (χ4v) is 1.33. The zero-order chi connectivity index (χ0) is 14.7. The molecule has 0 atom stereocenters. The average Bonchev–Trinajstić information content (AvgIpc) is 2.47. The van der Waals surface area contributed by atoms with Gasteiger partial charge in [0.2, 0.25) is 0 Å². The summed E-state index contributed by atoms with van der Waals surface area (Å²) >= 11 is 5.07. The Labute approximate surface area is 120 Å². The van der Waals surface area contributed by atoms with Crippen LogP contribution < -0.4 is 10.2 Å². The Balaban J connectivity index is 0.000000711. The number of para-hydroxylation sites is 1. The molecule has 0 aliphatic heterocycles. The SMILES string of the molecule is C=CCCl.CN/C(C)=C\N(C)c1ccccc1C=O. The van der Waals surface area contributed by atoms with Gasteiger partial charge in [-0.15, -0.1) is 18.2 Å². The van der Waals surface area contributed by atoms with Gasteiger partial charge < -0.3 is 10.2 Å². The highest BCUT2D eigenvalue weighted by atomic mass is 35.5. The standard InChI is InChI=1S/C12H16N2O.C3H5Cl/c1-10(13-2)8-14(3)12-7-5-4-6-11(12)9-15;1-2-3-4/h4-9,13H,1-3H3;2H,1,3H2/b10-8-;. The van der Waals surface area contributed by atoms with Crippen molar-refractivity contribution in [2.75, 3.05) is 24.9 Å². The first kappa shape index (κ1) is 17.3. The Morgan fingerprint density at radius 3 is 2.53 bits per heavy atom. The molecule has 0 saturated carbocycles.